The zero-order chi connectivity index (χ0) is 19.1. The fourth-order valence-corrected chi connectivity index (χ4v) is 3.60. The van der Waals surface area contributed by atoms with E-state index in [-0.39, 0.29) is 0 Å². The molecule has 0 radical (unpaired) electrons. The Morgan fingerprint density at radius 3 is 1.46 bits per heavy atom. The first-order valence-electron chi connectivity index (χ1n) is 8.89. The van der Waals surface area contributed by atoms with Gasteiger partial charge in [-0.2, -0.15) is 0 Å². The molecule has 0 spiro atoms. The van der Waals surface area contributed by atoms with Gasteiger partial charge in [-0.05, 0) is 18.2 Å². The van der Waals surface area contributed by atoms with Gasteiger partial charge < -0.3 is 0 Å². The third-order valence-corrected chi connectivity index (χ3v) is 4.90. The number of fused-ring (bicyclic) bond motifs is 2. The van der Waals surface area contributed by atoms with E-state index in [1.165, 1.54) is 0 Å². The lowest BCUT2D eigenvalue weighted by Gasteiger charge is -2.12. The largest absolute Gasteiger partial charge is 0.256 e. The molecule has 2 aromatic heterocycles. The average molecular weight is 368 g/mol. The quantitative estimate of drug-likeness (QED) is 0.360. The number of aromatic nitrogens is 2. The van der Waals surface area contributed by atoms with Gasteiger partial charge in [-0.3, -0.25) is 9.97 Å². The molecule has 0 bridgehead atoms. The van der Waals surface area contributed by atoms with Crippen molar-refractivity contribution in [3.8, 4) is 22.3 Å². The second kappa shape index (κ2) is 6.50. The lowest BCUT2D eigenvalue weighted by Crippen LogP contribution is -1.94. The lowest BCUT2D eigenvalue weighted by molar-refractivity contribution is 0.588. The van der Waals surface area contributed by atoms with Crippen LogP contribution in [0.15, 0.2) is 85.2 Å². The molecule has 0 saturated carbocycles. The van der Waals surface area contributed by atoms with Crippen LogP contribution in [0, 0.1) is 11.6 Å². The Morgan fingerprint density at radius 2 is 0.964 bits per heavy atom. The van der Waals surface area contributed by atoms with Gasteiger partial charge in [0.05, 0.1) is 11.0 Å². The van der Waals surface area contributed by atoms with Crippen LogP contribution in [0.2, 0.25) is 0 Å². The predicted molar refractivity (Wildman–Crippen MR) is 108 cm³/mol. The molecule has 0 amide bonds. The normalized spacial score (nSPS) is 11.2. The topological polar surface area (TPSA) is 25.8 Å². The van der Waals surface area contributed by atoms with E-state index in [1.807, 2.05) is 48.5 Å². The molecule has 0 N–H and O–H groups in total. The van der Waals surface area contributed by atoms with Crippen molar-refractivity contribution in [3.63, 3.8) is 0 Å². The molecule has 0 saturated heterocycles. The molecule has 2 heterocycles. The number of nitrogens with zero attached hydrogens (tertiary/aromatic N) is 2. The van der Waals surface area contributed by atoms with Crippen LogP contribution in [0.4, 0.5) is 8.78 Å². The molecule has 0 fully saturated rings. The van der Waals surface area contributed by atoms with Crippen LogP contribution >= 0.6 is 0 Å². The molecule has 5 aromatic rings. The van der Waals surface area contributed by atoms with E-state index in [9.17, 15) is 8.78 Å². The molecular formula is C24H14F2N2. The van der Waals surface area contributed by atoms with Crippen molar-refractivity contribution in [2.45, 2.75) is 0 Å². The summed E-state index contributed by atoms with van der Waals surface area (Å²) < 4.78 is 29.6. The lowest BCUT2D eigenvalue weighted by atomic mass is 9.95. The molecule has 0 aliphatic carbocycles. The molecule has 134 valence electrons. The number of benzene rings is 3. The maximum Gasteiger partial charge on any atom is 0.134 e. The van der Waals surface area contributed by atoms with Crippen LogP contribution in [0.1, 0.15) is 0 Å². The SMILES string of the molecule is Fc1cc(F)c(-c2cccc3cccnc23)cc1-c1cccc2cccnc12. The van der Waals surface area contributed by atoms with E-state index in [0.717, 1.165) is 16.8 Å². The van der Waals surface area contributed by atoms with Crippen LogP contribution in [-0.2, 0) is 0 Å². The van der Waals surface area contributed by atoms with Crippen molar-refractivity contribution in [1.29, 1.82) is 0 Å². The summed E-state index contributed by atoms with van der Waals surface area (Å²) in [6.45, 7) is 0. The Balaban J connectivity index is 1.80. The molecule has 4 heteroatoms. The summed E-state index contributed by atoms with van der Waals surface area (Å²) in [4.78, 5) is 8.80. The minimum Gasteiger partial charge on any atom is -0.256 e. The van der Waals surface area contributed by atoms with Gasteiger partial charge in [-0.15, -0.1) is 0 Å². The van der Waals surface area contributed by atoms with Gasteiger partial charge >= 0.3 is 0 Å². The number of rotatable bonds is 2. The molecule has 3 aromatic carbocycles. The summed E-state index contributed by atoms with van der Waals surface area (Å²) in [5.41, 5.74) is 3.24. The fraction of sp³-hybridized carbons (Fsp3) is 0. The standard InChI is InChI=1S/C24H14F2N2/c25-21-14-22(26)20(18-10-2-6-16-8-4-12-28-24(16)18)13-19(21)17-9-1-5-15-7-3-11-27-23(15)17/h1-14H. The van der Waals surface area contributed by atoms with E-state index in [4.69, 9.17) is 0 Å². The minimum absolute atomic E-state index is 0.314. The maximum atomic E-state index is 14.8. The van der Waals surface area contributed by atoms with Gasteiger partial charge in [-0.1, -0.05) is 48.5 Å². The molecule has 0 unspecified atom stereocenters. The maximum absolute atomic E-state index is 14.8. The van der Waals surface area contributed by atoms with Crippen molar-refractivity contribution in [3.05, 3.63) is 96.8 Å². The van der Waals surface area contributed by atoms with Crippen molar-refractivity contribution < 1.29 is 8.78 Å². The van der Waals surface area contributed by atoms with Crippen molar-refractivity contribution in [1.82, 2.24) is 9.97 Å². The molecule has 0 aliphatic heterocycles. The highest BCUT2D eigenvalue weighted by atomic mass is 19.1. The number of hydrogen-bond acceptors (Lipinski definition) is 2. The van der Waals surface area contributed by atoms with E-state index in [1.54, 1.807) is 30.6 Å². The van der Waals surface area contributed by atoms with Crippen molar-refractivity contribution >= 4 is 21.8 Å². The van der Waals surface area contributed by atoms with Crippen LogP contribution in [0.5, 0.6) is 0 Å². The number of pyridine rings is 2. The van der Waals surface area contributed by atoms with E-state index in [2.05, 4.69) is 9.97 Å². The number of hydrogen-bond donors (Lipinski definition) is 0. The van der Waals surface area contributed by atoms with Crippen molar-refractivity contribution in [2.24, 2.45) is 0 Å². The van der Waals surface area contributed by atoms with Gasteiger partial charge in [0, 0.05) is 51.5 Å². The summed E-state index contributed by atoms with van der Waals surface area (Å²) in [6, 6.07) is 21.1. The summed E-state index contributed by atoms with van der Waals surface area (Å²) in [7, 11) is 0. The number of halogens is 2. The summed E-state index contributed by atoms with van der Waals surface area (Å²) >= 11 is 0. The molecule has 2 nitrogen and oxygen atoms in total. The van der Waals surface area contributed by atoms with Gasteiger partial charge in [0.2, 0.25) is 0 Å². The third kappa shape index (κ3) is 2.62. The Morgan fingerprint density at radius 1 is 0.500 bits per heavy atom. The molecule has 5 rings (SSSR count). The highest BCUT2D eigenvalue weighted by Gasteiger charge is 2.17. The average Bonchev–Trinajstić information content (AvgIpc) is 2.73. The Labute approximate surface area is 160 Å². The Bertz CT molecular complexity index is 1230. The first kappa shape index (κ1) is 16.5. The Kier molecular flexibility index (Phi) is 3.83. The highest BCUT2D eigenvalue weighted by Crippen LogP contribution is 2.36. The Hall–Kier alpha value is -3.66. The van der Waals surface area contributed by atoms with E-state index >= 15 is 0 Å². The van der Waals surface area contributed by atoms with Gasteiger partial charge in [0.1, 0.15) is 11.6 Å². The summed E-state index contributed by atoms with van der Waals surface area (Å²) in [6.07, 6.45) is 3.34. The minimum atomic E-state index is -0.618. The van der Waals surface area contributed by atoms with E-state index in [0.29, 0.717) is 33.3 Å². The van der Waals surface area contributed by atoms with Gasteiger partial charge in [0.15, 0.2) is 0 Å². The van der Waals surface area contributed by atoms with Crippen LogP contribution in [-0.4, -0.2) is 9.97 Å². The molecule has 28 heavy (non-hydrogen) atoms. The summed E-state index contributed by atoms with van der Waals surface area (Å²) in [5, 5.41) is 1.80. The van der Waals surface area contributed by atoms with E-state index < -0.39 is 11.6 Å². The molecule has 0 atom stereocenters. The second-order valence-electron chi connectivity index (χ2n) is 6.57. The van der Waals surface area contributed by atoms with Gasteiger partial charge in [-0.25, -0.2) is 8.78 Å². The molecular weight excluding hydrogens is 354 g/mol. The predicted octanol–water partition coefficient (Wildman–Crippen LogP) is 6.40. The smallest absolute Gasteiger partial charge is 0.134 e. The van der Waals surface area contributed by atoms with Crippen LogP contribution in [0.25, 0.3) is 44.1 Å². The number of para-hydroxylation sites is 2. The fourth-order valence-electron chi connectivity index (χ4n) is 3.60. The van der Waals surface area contributed by atoms with Crippen molar-refractivity contribution in [2.75, 3.05) is 0 Å². The molecule has 0 aliphatic rings. The first-order valence-corrected chi connectivity index (χ1v) is 8.89. The summed E-state index contributed by atoms with van der Waals surface area (Å²) in [5.74, 6) is -1.24. The van der Waals surface area contributed by atoms with Crippen LogP contribution < -0.4 is 0 Å². The third-order valence-electron chi connectivity index (χ3n) is 4.90. The first-order chi connectivity index (χ1) is 13.7. The zero-order valence-electron chi connectivity index (χ0n) is 14.7. The highest BCUT2D eigenvalue weighted by molar-refractivity contribution is 5.97. The zero-order valence-corrected chi connectivity index (χ0v) is 14.7. The second-order valence-corrected chi connectivity index (χ2v) is 6.57. The van der Waals surface area contributed by atoms with Crippen LogP contribution in [0.3, 0.4) is 0 Å². The van der Waals surface area contributed by atoms with Gasteiger partial charge in [0.25, 0.3) is 0 Å². The monoisotopic (exact) mass is 368 g/mol.